The van der Waals surface area contributed by atoms with Crippen LogP contribution in [-0.4, -0.2) is 10.1 Å². The lowest BCUT2D eigenvalue weighted by Gasteiger charge is -1.97. The van der Waals surface area contributed by atoms with Crippen molar-refractivity contribution in [3.63, 3.8) is 0 Å². The second kappa shape index (κ2) is 5.20. The first kappa shape index (κ1) is 11.9. The number of benzene rings is 1. The average Bonchev–Trinajstić information content (AvgIpc) is 3.07. The predicted octanol–water partition coefficient (Wildman–Crippen LogP) is 4.28. The Morgan fingerprint density at radius 3 is 2.74 bits per heavy atom. The van der Waals surface area contributed by atoms with Crippen LogP contribution < -0.4 is 0 Å². The maximum atomic E-state index is 5.30. The fourth-order valence-corrected chi connectivity index (χ4v) is 2.38. The van der Waals surface area contributed by atoms with E-state index in [1.807, 2.05) is 54.8 Å². The van der Waals surface area contributed by atoms with Gasteiger partial charge in [0.2, 0.25) is 0 Å². The third kappa shape index (κ3) is 2.48. The van der Waals surface area contributed by atoms with Crippen LogP contribution in [0.3, 0.4) is 0 Å². The van der Waals surface area contributed by atoms with Crippen LogP contribution in [-0.2, 0) is 0 Å². The third-order valence-electron chi connectivity index (χ3n) is 2.80. The van der Waals surface area contributed by atoms with Crippen molar-refractivity contribution in [1.82, 2.24) is 10.1 Å². The zero-order valence-electron chi connectivity index (χ0n) is 10.4. The first-order chi connectivity index (χ1) is 9.34. The van der Waals surface area contributed by atoms with Gasteiger partial charge in [-0.1, -0.05) is 35.5 Å². The fraction of sp³-hybridized carbons (Fsp3) is 0.0667. The minimum absolute atomic E-state index is 0.812. The highest BCUT2D eigenvalue weighted by Crippen LogP contribution is 2.26. The number of hydrogen-bond donors (Lipinski definition) is 0. The number of aromatic nitrogens is 2. The highest BCUT2D eigenvalue weighted by molar-refractivity contribution is 7.10. The Labute approximate surface area is 115 Å². The topological polar surface area (TPSA) is 38.9 Å². The number of aryl methyl sites for hydroxylation is 1. The highest BCUT2D eigenvalue weighted by Gasteiger charge is 2.11. The Balaban J connectivity index is 2.00. The molecule has 0 atom stereocenters. The predicted molar refractivity (Wildman–Crippen MR) is 77.7 cm³/mol. The molecule has 2 heterocycles. The van der Waals surface area contributed by atoms with Gasteiger partial charge in [-0.25, -0.2) is 4.98 Å². The van der Waals surface area contributed by atoms with Crippen molar-refractivity contribution in [1.29, 1.82) is 0 Å². The van der Waals surface area contributed by atoms with Crippen LogP contribution in [0.5, 0.6) is 0 Å². The molecule has 0 amide bonds. The van der Waals surface area contributed by atoms with E-state index >= 15 is 0 Å². The van der Waals surface area contributed by atoms with Crippen molar-refractivity contribution in [2.24, 2.45) is 0 Å². The summed E-state index contributed by atoms with van der Waals surface area (Å²) in [4.78, 5) is 4.23. The van der Waals surface area contributed by atoms with Crippen molar-refractivity contribution in [2.45, 2.75) is 6.92 Å². The van der Waals surface area contributed by atoms with Crippen molar-refractivity contribution < 1.29 is 4.52 Å². The average molecular weight is 268 g/mol. The van der Waals surface area contributed by atoms with Crippen LogP contribution in [0.1, 0.15) is 16.3 Å². The molecule has 3 aromatic rings. The SMILES string of the molecule is Cc1onc(-c2ccccc2)c1C=Cc1nccs1. The van der Waals surface area contributed by atoms with Crippen LogP contribution in [0.4, 0.5) is 0 Å². The lowest BCUT2D eigenvalue weighted by atomic mass is 10.1. The Morgan fingerprint density at radius 1 is 1.16 bits per heavy atom. The largest absolute Gasteiger partial charge is 0.360 e. The Morgan fingerprint density at radius 2 is 2.00 bits per heavy atom. The van der Waals surface area contributed by atoms with E-state index in [1.165, 1.54) is 0 Å². The lowest BCUT2D eigenvalue weighted by Crippen LogP contribution is -1.81. The summed E-state index contributed by atoms with van der Waals surface area (Å²) in [5.41, 5.74) is 2.92. The van der Waals surface area contributed by atoms with E-state index in [1.54, 1.807) is 17.5 Å². The summed E-state index contributed by atoms with van der Waals surface area (Å²) in [5.74, 6) is 0.812. The van der Waals surface area contributed by atoms with Crippen molar-refractivity contribution >= 4 is 23.5 Å². The summed E-state index contributed by atoms with van der Waals surface area (Å²) in [7, 11) is 0. The van der Waals surface area contributed by atoms with Gasteiger partial charge in [0.15, 0.2) is 0 Å². The minimum Gasteiger partial charge on any atom is -0.360 e. The molecular formula is C15H12N2OS. The standard InChI is InChI=1S/C15H12N2OS/c1-11-13(7-8-14-16-9-10-19-14)15(17-18-11)12-5-3-2-4-6-12/h2-10H,1H3. The van der Waals surface area contributed by atoms with Gasteiger partial charge in [0, 0.05) is 22.7 Å². The molecule has 0 radical (unpaired) electrons. The van der Waals surface area contributed by atoms with E-state index in [0.29, 0.717) is 0 Å². The first-order valence-corrected chi connectivity index (χ1v) is 6.82. The number of rotatable bonds is 3. The first-order valence-electron chi connectivity index (χ1n) is 5.94. The fourth-order valence-electron chi connectivity index (χ4n) is 1.85. The monoisotopic (exact) mass is 268 g/mol. The molecule has 3 nitrogen and oxygen atoms in total. The molecule has 94 valence electrons. The molecule has 0 spiro atoms. The van der Waals surface area contributed by atoms with E-state index in [4.69, 9.17) is 4.52 Å². The van der Waals surface area contributed by atoms with E-state index in [9.17, 15) is 0 Å². The van der Waals surface area contributed by atoms with Crippen LogP contribution in [0, 0.1) is 6.92 Å². The molecule has 2 aromatic heterocycles. The van der Waals surface area contributed by atoms with E-state index in [0.717, 1.165) is 27.6 Å². The van der Waals surface area contributed by atoms with Gasteiger partial charge in [-0.2, -0.15) is 0 Å². The molecule has 19 heavy (non-hydrogen) atoms. The van der Waals surface area contributed by atoms with Gasteiger partial charge < -0.3 is 4.52 Å². The molecule has 0 saturated carbocycles. The molecule has 0 aliphatic rings. The lowest BCUT2D eigenvalue weighted by molar-refractivity contribution is 0.399. The summed E-state index contributed by atoms with van der Waals surface area (Å²) in [6, 6.07) is 10.0. The molecule has 0 saturated heterocycles. The maximum Gasteiger partial charge on any atom is 0.141 e. The minimum atomic E-state index is 0.812. The molecule has 0 N–H and O–H groups in total. The highest BCUT2D eigenvalue weighted by atomic mass is 32.1. The van der Waals surface area contributed by atoms with Gasteiger partial charge in [0.25, 0.3) is 0 Å². The molecular weight excluding hydrogens is 256 g/mol. The molecule has 0 bridgehead atoms. The second-order valence-electron chi connectivity index (χ2n) is 4.07. The quantitative estimate of drug-likeness (QED) is 0.711. The Bertz CT molecular complexity index is 684. The number of thiazole rings is 1. The smallest absolute Gasteiger partial charge is 0.141 e. The Kier molecular flexibility index (Phi) is 3.25. The Hall–Kier alpha value is -2.20. The molecule has 0 unspecified atom stereocenters. The van der Waals surface area contributed by atoms with Gasteiger partial charge in [-0.3, -0.25) is 0 Å². The summed E-state index contributed by atoms with van der Waals surface area (Å²) < 4.78 is 5.30. The van der Waals surface area contributed by atoms with Crippen LogP contribution >= 0.6 is 11.3 Å². The molecule has 3 rings (SSSR count). The van der Waals surface area contributed by atoms with Gasteiger partial charge in [0.05, 0.1) is 0 Å². The summed E-state index contributed by atoms with van der Waals surface area (Å²) in [6.45, 7) is 1.92. The van der Waals surface area contributed by atoms with E-state index < -0.39 is 0 Å². The van der Waals surface area contributed by atoms with Crippen molar-refractivity contribution in [3.8, 4) is 11.3 Å². The van der Waals surface area contributed by atoms with Crippen LogP contribution in [0.15, 0.2) is 46.4 Å². The summed E-state index contributed by atoms with van der Waals surface area (Å²) >= 11 is 1.60. The molecule has 0 aliphatic heterocycles. The zero-order chi connectivity index (χ0) is 13.1. The zero-order valence-corrected chi connectivity index (χ0v) is 11.2. The summed E-state index contributed by atoms with van der Waals surface area (Å²) in [6.07, 6.45) is 5.78. The second-order valence-corrected chi connectivity index (χ2v) is 5.00. The van der Waals surface area contributed by atoms with Gasteiger partial charge in [0.1, 0.15) is 16.5 Å². The van der Waals surface area contributed by atoms with Crippen molar-refractivity contribution in [3.05, 3.63) is 58.2 Å². The van der Waals surface area contributed by atoms with Crippen LogP contribution in [0.25, 0.3) is 23.4 Å². The molecule has 0 fully saturated rings. The van der Waals surface area contributed by atoms with Crippen molar-refractivity contribution in [2.75, 3.05) is 0 Å². The summed E-state index contributed by atoms with van der Waals surface area (Å²) in [5, 5.41) is 7.07. The normalized spacial score (nSPS) is 11.2. The van der Waals surface area contributed by atoms with Crippen LogP contribution in [0.2, 0.25) is 0 Å². The number of hydrogen-bond acceptors (Lipinski definition) is 4. The van der Waals surface area contributed by atoms with E-state index in [-0.39, 0.29) is 0 Å². The number of nitrogens with zero attached hydrogens (tertiary/aromatic N) is 2. The van der Waals surface area contributed by atoms with E-state index in [2.05, 4.69) is 10.1 Å². The van der Waals surface area contributed by atoms with Gasteiger partial charge >= 0.3 is 0 Å². The molecule has 4 heteroatoms. The molecule has 1 aromatic carbocycles. The third-order valence-corrected chi connectivity index (χ3v) is 3.54. The maximum absolute atomic E-state index is 5.30. The van der Waals surface area contributed by atoms with Gasteiger partial charge in [-0.05, 0) is 19.1 Å². The molecule has 0 aliphatic carbocycles. The van der Waals surface area contributed by atoms with Gasteiger partial charge in [-0.15, -0.1) is 11.3 Å².